The van der Waals surface area contributed by atoms with Crippen LogP contribution in [0.15, 0.2) is 109 Å². The second-order valence-corrected chi connectivity index (χ2v) is 6.19. The van der Waals surface area contributed by atoms with Gasteiger partial charge in [-0.2, -0.15) is 0 Å². The first-order valence-corrected chi connectivity index (χ1v) is 8.83. The summed E-state index contributed by atoms with van der Waals surface area (Å²) >= 11 is 0. The largest absolute Gasteiger partial charge is 0.457 e. The zero-order chi connectivity index (χ0) is 18.5. The molecule has 0 atom stereocenters. The van der Waals surface area contributed by atoms with Crippen LogP contribution in [0.4, 0.5) is 0 Å². The van der Waals surface area contributed by atoms with Crippen LogP contribution in [-0.2, 0) is 0 Å². The molecule has 0 unspecified atom stereocenters. The quantitative estimate of drug-likeness (QED) is 0.391. The molecule has 0 aromatic heterocycles. The van der Waals surface area contributed by atoms with E-state index in [1.165, 1.54) is 0 Å². The lowest BCUT2D eigenvalue weighted by Crippen LogP contribution is -2.04. The third-order valence-corrected chi connectivity index (χ3v) is 4.34. The van der Waals surface area contributed by atoms with Crippen molar-refractivity contribution in [3.05, 3.63) is 120 Å². The summed E-state index contributed by atoms with van der Waals surface area (Å²) in [6.45, 7) is 0. The predicted octanol–water partition coefficient (Wildman–Crippen LogP) is 6.38. The average molecular weight is 350 g/mol. The molecule has 2 nitrogen and oxygen atoms in total. The first kappa shape index (κ1) is 16.8. The van der Waals surface area contributed by atoms with Crippen molar-refractivity contribution in [2.24, 2.45) is 0 Å². The van der Waals surface area contributed by atoms with Crippen LogP contribution in [0.5, 0.6) is 11.5 Å². The number of para-hydroxylation sites is 1. The Morgan fingerprint density at radius 3 is 1.85 bits per heavy atom. The molecule has 0 amide bonds. The van der Waals surface area contributed by atoms with Gasteiger partial charge in [0.15, 0.2) is 5.78 Å². The highest BCUT2D eigenvalue weighted by molar-refractivity contribution is 6.11. The molecule has 0 fully saturated rings. The zero-order valence-electron chi connectivity index (χ0n) is 14.7. The van der Waals surface area contributed by atoms with Gasteiger partial charge >= 0.3 is 0 Å². The molecule has 0 spiro atoms. The molecule has 4 rings (SSSR count). The van der Waals surface area contributed by atoms with E-state index in [-0.39, 0.29) is 5.78 Å². The van der Waals surface area contributed by atoms with Gasteiger partial charge in [-0.25, -0.2) is 0 Å². The zero-order valence-corrected chi connectivity index (χ0v) is 14.7. The molecule has 0 aliphatic heterocycles. The average Bonchev–Trinajstić information content (AvgIpc) is 2.75. The lowest BCUT2D eigenvalue weighted by molar-refractivity contribution is 0.103. The Balaban J connectivity index is 1.79. The van der Waals surface area contributed by atoms with E-state index in [0.29, 0.717) is 22.6 Å². The minimum Gasteiger partial charge on any atom is -0.457 e. The minimum absolute atomic E-state index is 0.0545. The Morgan fingerprint density at radius 1 is 0.593 bits per heavy atom. The van der Waals surface area contributed by atoms with Crippen molar-refractivity contribution in [2.75, 3.05) is 0 Å². The van der Waals surface area contributed by atoms with E-state index < -0.39 is 0 Å². The van der Waals surface area contributed by atoms with Crippen molar-refractivity contribution in [1.29, 1.82) is 0 Å². The normalized spacial score (nSPS) is 10.4. The number of carbonyl (C=O) groups is 1. The number of hydrogen-bond acceptors (Lipinski definition) is 2. The van der Waals surface area contributed by atoms with E-state index in [2.05, 4.69) is 0 Å². The topological polar surface area (TPSA) is 26.3 Å². The summed E-state index contributed by atoms with van der Waals surface area (Å²) in [5, 5.41) is 0. The maximum Gasteiger partial charge on any atom is 0.196 e. The van der Waals surface area contributed by atoms with Crippen LogP contribution in [-0.4, -0.2) is 5.78 Å². The summed E-state index contributed by atoms with van der Waals surface area (Å²) in [6.07, 6.45) is 0. The number of ketones is 1. The first-order valence-electron chi connectivity index (χ1n) is 8.83. The molecule has 0 bridgehead atoms. The predicted molar refractivity (Wildman–Crippen MR) is 108 cm³/mol. The van der Waals surface area contributed by atoms with Gasteiger partial charge in [0.25, 0.3) is 0 Å². The van der Waals surface area contributed by atoms with Gasteiger partial charge in [-0.05, 0) is 35.4 Å². The molecular formula is C25H18O2. The Bertz CT molecular complexity index is 1040. The van der Waals surface area contributed by atoms with Gasteiger partial charge in [-0.15, -0.1) is 0 Å². The Morgan fingerprint density at radius 2 is 1.19 bits per heavy atom. The van der Waals surface area contributed by atoms with E-state index in [1.807, 2.05) is 109 Å². The van der Waals surface area contributed by atoms with E-state index >= 15 is 0 Å². The number of hydrogen-bond donors (Lipinski definition) is 0. The summed E-state index contributed by atoms with van der Waals surface area (Å²) in [5.74, 6) is 1.20. The monoisotopic (exact) mass is 350 g/mol. The molecule has 0 saturated carbocycles. The van der Waals surface area contributed by atoms with E-state index in [9.17, 15) is 4.79 Å². The van der Waals surface area contributed by atoms with Gasteiger partial charge < -0.3 is 4.74 Å². The summed E-state index contributed by atoms with van der Waals surface area (Å²) in [4.78, 5) is 13.0. The number of benzene rings is 4. The second kappa shape index (κ2) is 7.71. The summed E-state index contributed by atoms with van der Waals surface area (Å²) in [5.41, 5.74) is 3.27. The van der Waals surface area contributed by atoms with Crippen molar-refractivity contribution in [3.8, 4) is 22.6 Å². The lowest BCUT2D eigenvalue weighted by atomic mass is 9.98. The standard InChI is InChI=1S/C25H18O2/c26-25(20-12-6-2-7-13-20)23-17-16-21(19-10-4-1-5-11-19)18-24(23)27-22-14-8-3-9-15-22/h1-18H. The SMILES string of the molecule is O=C(c1ccccc1)c1ccc(-c2ccccc2)cc1Oc1ccccc1. The maximum atomic E-state index is 13.0. The van der Waals surface area contributed by atoms with Crippen LogP contribution < -0.4 is 4.74 Å². The van der Waals surface area contributed by atoms with Crippen LogP contribution in [0.1, 0.15) is 15.9 Å². The van der Waals surface area contributed by atoms with Gasteiger partial charge in [0, 0.05) is 5.56 Å². The molecule has 0 aliphatic rings. The van der Waals surface area contributed by atoms with Crippen LogP contribution in [0, 0.1) is 0 Å². The summed E-state index contributed by atoms with van der Waals surface area (Å²) < 4.78 is 6.09. The van der Waals surface area contributed by atoms with Gasteiger partial charge in [-0.3, -0.25) is 4.79 Å². The third kappa shape index (κ3) is 3.80. The molecule has 4 aromatic rings. The first-order chi connectivity index (χ1) is 13.3. The Kier molecular flexibility index (Phi) is 4.80. The molecule has 130 valence electrons. The lowest BCUT2D eigenvalue weighted by Gasteiger charge is -2.13. The van der Waals surface area contributed by atoms with Crippen LogP contribution >= 0.6 is 0 Å². The van der Waals surface area contributed by atoms with Crippen LogP contribution in [0.25, 0.3) is 11.1 Å². The second-order valence-electron chi connectivity index (χ2n) is 6.19. The molecule has 0 radical (unpaired) electrons. The molecule has 0 aliphatic carbocycles. The van der Waals surface area contributed by atoms with Crippen LogP contribution in [0.2, 0.25) is 0 Å². The fourth-order valence-electron chi connectivity index (χ4n) is 2.97. The highest BCUT2D eigenvalue weighted by atomic mass is 16.5. The Hall–Kier alpha value is -3.65. The van der Waals surface area contributed by atoms with E-state index in [4.69, 9.17) is 4.74 Å². The van der Waals surface area contributed by atoms with Crippen molar-refractivity contribution in [2.45, 2.75) is 0 Å². The minimum atomic E-state index is -0.0545. The smallest absolute Gasteiger partial charge is 0.196 e. The van der Waals surface area contributed by atoms with Crippen molar-refractivity contribution < 1.29 is 9.53 Å². The molecule has 4 aromatic carbocycles. The van der Waals surface area contributed by atoms with Crippen molar-refractivity contribution in [1.82, 2.24) is 0 Å². The van der Waals surface area contributed by atoms with Crippen molar-refractivity contribution >= 4 is 5.78 Å². The number of ether oxygens (including phenoxy) is 1. The number of rotatable bonds is 5. The summed E-state index contributed by atoms with van der Waals surface area (Å²) in [6, 6.07) is 34.6. The summed E-state index contributed by atoms with van der Waals surface area (Å²) in [7, 11) is 0. The highest BCUT2D eigenvalue weighted by Gasteiger charge is 2.16. The van der Waals surface area contributed by atoms with Gasteiger partial charge in [-0.1, -0.05) is 84.9 Å². The van der Waals surface area contributed by atoms with Gasteiger partial charge in [0.1, 0.15) is 11.5 Å². The van der Waals surface area contributed by atoms with Crippen LogP contribution in [0.3, 0.4) is 0 Å². The molecule has 0 N–H and O–H groups in total. The molecule has 0 saturated heterocycles. The Labute approximate surface area is 158 Å². The van der Waals surface area contributed by atoms with E-state index in [0.717, 1.165) is 11.1 Å². The fraction of sp³-hybridized carbons (Fsp3) is 0. The van der Waals surface area contributed by atoms with Gasteiger partial charge in [0.2, 0.25) is 0 Å². The highest BCUT2D eigenvalue weighted by Crippen LogP contribution is 2.32. The maximum absolute atomic E-state index is 13.0. The molecule has 0 heterocycles. The molecular weight excluding hydrogens is 332 g/mol. The van der Waals surface area contributed by atoms with Gasteiger partial charge in [0.05, 0.1) is 5.56 Å². The third-order valence-electron chi connectivity index (χ3n) is 4.34. The molecule has 27 heavy (non-hydrogen) atoms. The van der Waals surface area contributed by atoms with Crippen molar-refractivity contribution in [3.63, 3.8) is 0 Å². The molecule has 2 heteroatoms. The number of carbonyl (C=O) groups excluding carboxylic acids is 1. The van der Waals surface area contributed by atoms with E-state index in [1.54, 1.807) is 0 Å². The fourth-order valence-corrected chi connectivity index (χ4v) is 2.97.